The van der Waals surface area contributed by atoms with Gasteiger partial charge in [0.05, 0.1) is 6.10 Å². The van der Waals surface area contributed by atoms with E-state index in [-0.39, 0.29) is 6.10 Å². The van der Waals surface area contributed by atoms with Gasteiger partial charge in [-0.05, 0) is 37.2 Å². The van der Waals surface area contributed by atoms with E-state index < -0.39 is 0 Å². The Morgan fingerprint density at radius 1 is 1.33 bits per heavy atom. The van der Waals surface area contributed by atoms with Crippen LogP contribution in [0.5, 0.6) is 0 Å². The minimum atomic E-state index is -0.270. The number of aliphatic hydroxyl groups excluding tert-OH is 1. The van der Waals surface area contributed by atoms with Crippen molar-refractivity contribution in [2.75, 3.05) is 6.54 Å². The van der Waals surface area contributed by atoms with Crippen LogP contribution in [0.4, 0.5) is 0 Å². The topological polar surface area (TPSA) is 32.3 Å². The summed E-state index contributed by atoms with van der Waals surface area (Å²) in [6.45, 7) is 4.35. The lowest BCUT2D eigenvalue weighted by molar-refractivity contribution is 0.157. The molecule has 1 saturated carbocycles. The van der Waals surface area contributed by atoms with Gasteiger partial charge in [-0.2, -0.15) is 0 Å². The number of allylic oxidation sites excluding steroid dienone is 1. The molecule has 2 heteroatoms. The molecule has 0 radical (unpaired) electrons. The summed E-state index contributed by atoms with van der Waals surface area (Å²) in [5.74, 6) is 0.749. The van der Waals surface area contributed by atoms with Gasteiger partial charge in [0, 0.05) is 12.6 Å². The van der Waals surface area contributed by atoms with Gasteiger partial charge in [-0.25, -0.2) is 0 Å². The largest absolute Gasteiger partial charge is 0.392 e. The summed E-state index contributed by atoms with van der Waals surface area (Å²) in [6.07, 6.45) is 5.86. The van der Waals surface area contributed by atoms with Crippen LogP contribution in [0.3, 0.4) is 0 Å². The molecule has 0 aromatic heterocycles. The van der Waals surface area contributed by atoms with E-state index >= 15 is 0 Å². The number of benzene rings is 1. The molecular formula is C16H23NO. The molecule has 1 aliphatic rings. The van der Waals surface area contributed by atoms with Crippen molar-refractivity contribution in [2.45, 2.75) is 37.8 Å². The first-order chi connectivity index (χ1) is 8.81. The standard InChI is InChI=1S/C16H23NO/c1-2-3-9-15(18)12-17-16(14-10-11-14)13-7-5-4-6-8-13/h2,4-8,14-18H,1,3,9-12H2. The molecule has 1 fully saturated rings. The third kappa shape index (κ3) is 3.97. The lowest BCUT2D eigenvalue weighted by Gasteiger charge is -2.21. The second-order valence-corrected chi connectivity index (χ2v) is 5.15. The number of rotatable bonds is 8. The van der Waals surface area contributed by atoms with Gasteiger partial charge >= 0.3 is 0 Å². The lowest BCUT2D eigenvalue weighted by Crippen LogP contribution is -2.31. The fourth-order valence-corrected chi connectivity index (χ4v) is 2.32. The zero-order chi connectivity index (χ0) is 12.8. The molecule has 0 bridgehead atoms. The Bertz CT molecular complexity index is 359. The molecule has 18 heavy (non-hydrogen) atoms. The Kier molecular flexibility index (Phi) is 4.97. The second kappa shape index (κ2) is 6.72. The van der Waals surface area contributed by atoms with Gasteiger partial charge in [0.25, 0.3) is 0 Å². The van der Waals surface area contributed by atoms with E-state index in [2.05, 4.69) is 36.2 Å². The SMILES string of the molecule is C=CCCC(O)CNC(c1ccccc1)C1CC1. The summed E-state index contributed by atoms with van der Waals surface area (Å²) in [4.78, 5) is 0. The molecule has 2 unspecified atom stereocenters. The van der Waals surface area contributed by atoms with Crippen molar-refractivity contribution in [3.63, 3.8) is 0 Å². The van der Waals surface area contributed by atoms with Crippen molar-refractivity contribution in [3.8, 4) is 0 Å². The number of hydrogen-bond acceptors (Lipinski definition) is 2. The van der Waals surface area contributed by atoms with Gasteiger partial charge in [-0.15, -0.1) is 6.58 Å². The predicted molar refractivity (Wildman–Crippen MR) is 75.3 cm³/mol. The molecule has 0 heterocycles. The van der Waals surface area contributed by atoms with Gasteiger partial charge in [-0.3, -0.25) is 0 Å². The first-order valence-electron chi connectivity index (χ1n) is 6.88. The number of aliphatic hydroxyl groups is 1. The fourth-order valence-electron chi connectivity index (χ4n) is 2.32. The zero-order valence-corrected chi connectivity index (χ0v) is 10.9. The third-order valence-electron chi connectivity index (χ3n) is 3.53. The van der Waals surface area contributed by atoms with Crippen LogP contribution in [-0.4, -0.2) is 17.8 Å². The van der Waals surface area contributed by atoms with Crippen LogP contribution in [0.1, 0.15) is 37.3 Å². The summed E-state index contributed by atoms with van der Waals surface area (Å²) < 4.78 is 0. The minimum absolute atomic E-state index is 0.270. The minimum Gasteiger partial charge on any atom is -0.392 e. The van der Waals surface area contributed by atoms with Crippen molar-refractivity contribution in [1.82, 2.24) is 5.32 Å². The maximum Gasteiger partial charge on any atom is 0.0667 e. The van der Waals surface area contributed by atoms with Crippen molar-refractivity contribution in [2.24, 2.45) is 5.92 Å². The molecule has 2 rings (SSSR count). The van der Waals surface area contributed by atoms with Gasteiger partial charge in [0.15, 0.2) is 0 Å². The molecule has 1 aromatic carbocycles. The summed E-state index contributed by atoms with van der Waals surface area (Å²) in [5.41, 5.74) is 1.34. The monoisotopic (exact) mass is 245 g/mol. The van der Waals surface area contributed by atoms with Crippen molar-refractivity contribution in [1.29, 1.82) is 0 Å². The van der Waals surface area contributed by atoms with Crippen LogP contribution in [0.2, 0.25) is 0 Å². The van der Waals surface area contributed by atoms with Gasteiger partial charge in [-0.1, -0.05) is 36.4 Å². The highest BCUT2D eigenvalue weighted by molar-refractivity contribution is 5.21. The van der Waals surface area contributed by atoms with Gasteiger partial charge < -0.3 is 10.4 Å². The van der Waals surface area contributed by atoms with Crippen molar-refractivity contribution >= 4 is 0 Å². The van der Waals surface area contributed by atoms with E-state index in [1.807, 2.05) is 12.1 Å². The van der Waals surface area contributed by atoms with E-state index in [0.29, 0.717) is 12.6 Å². The van der Waals surface area contributed by atoms with Crippen molar-refractivity contribution < 1.29 is 5.11 Å². The number of hydrogen-bond donors (Lipinski definition) is 2. The zero-order valence-electron chi connectivity index (χ0n) is 10.9. The molecule has 0 aliphatic heterocycles. The first-order valence-corrected chi connectivity index (χ1v) is 6.88. The smallest absolute Gasteiger partial charge is 0.0667 e. The third-order valence-corrected chi connectivity index (χ3v) is 3.53. The van der Waals surface area contributed by atoms with E-state index in [4.69, 9.17) is 0 Å². The molecule has 2 nitrogen and oxygen atoms in total. The van der Waals surface area contributed by atoms with Crippen molar-refractivity contribution in [3.05, 3.63) is 48.6 Å². The molecule has 98 valence electrons. The number of nitrogens with one attached hydrogen (secondary N) is 1. The second-order valence-electron chi connectivity index (χ2n) is 5.15. The average molecular weight is 245 g/mol. The summed E-state index contributed by atoms with van der Waals surface area (Å²) in [6, 6.07) is 11.0. The van der Waals surface area contributed by atoms with Gasteiger partial charge in [0.2, 0.25) is 0 Å². The van der Waals surface area contributed by atoms with Crippen LogP contribution in [0.25, 0.3) is 0 Å². The Hall–Kier alpha value is -1.12. The van der Waals surface area contributed by atoms with Crippen LogP contribution >= 0.6 is 0 Å². The highest BCUT2D eigenvalue weighted by atomic mass is 16.3. The molecule has 2 N–H and O–H groups in total. The summed E-state index contributed by atoms with van der Waals surface area (Å²) in [7, 11) is 0. The molecule has 0 amide bonds. The Morgan fingerprint density at radius 3 is 2.67 bits per heavy atom. The van der Waals surface area contributed by atoms with Crippen LogP contribution in [0.15, 0.2) is 43.0 Å². The van der Waals surface area contributed by atoms with Gasteiger partial charge in [0.1, 0.15) is 0 Å². The average Bonchev–Trinajstić information content (AvgIpc) is 3.22. The summed E-state index contributed by atoms with van der Waals surface area (Å²) in [5, 5.41) is 13.4. The Morgan fingerprint density at radius 2 is 2.06 bits per heavy atom. The fraction of sp³-hybridized carbons (Fsp3) is 0.500. The Labute approximate surface area is 110 Å². The highest BCUT2D eigenvalue weighted by Gasteiger charge is 2.32. The molecule has 1 aromatic rings. The molecule has 2 atom stereocenters. The normalized spacial score (nSPS) is 18.3. The molecule has 0 spiro atoms. The maximum absolute atomic E-state index is 9.87. The van der Waals surface area contributed by atoms with Crippen LogP contribution in [0, 0.1) is 5.92 Å². The Balaban J connectivity index is 1.86. The predicted octanol–water partition coefficient (Wildman–Crippen LogP) is 3.05. The first kappa shape index (κ1) is 13.3. The van der Waals surface area contributed by atoms with E-state index in [1.54, 1.807) is 0 Å². The van der Waals surface area contributed by atoms with E-state index in [1.165, 1.54) is 18.4 Å². The molecule has 0 saturated heterocycles. The van der Waals surface area contributed by atoms with E-state index in [0.717, 1.165) is 18.8 Å². The summed E-state index contributed by atoms with van der Waals surface area (Å²) >= 11 is 0. The highest BCUT2D eigenvalue weighted by Crippen LogP contribution is 2.40. The van der Waals surface area contributed by atoms with Crippen LogP contribution in [-0.2, 0) is 0 Å². The van der Waals surface area contributed by atoms with E-state index in [9.17, 15) is 5.11 Å². The quantitative estimate of drug-likeness (QED) is 0.690. The maximum atomic E-state index is 9.87. The van der Waals surface area contributed by atoms with Crippen LogP contribution < -0.4 is 5.32 Å². The molecule has 1 aliphatic carbocycles. The lowest BCUT2D eigenvalue weighted by atomic mass is 10.0. The molecular weight excluding hydrogens is 222 g/mol.